The van der Waals surface area contributed by atoms with Gasteiger partial charge in [0.25, 0.3) is 0 Å². The third-order valence-electron chi connectivity index (χ3n) is 6.39. The number of rotatable bonds is 6. The summed E-state index contributed by atoms with van der Waals surface area (Å²) in [5, 5.41) is 2.01. The highest BCUT2D eigenvalue weighted by atomic mass is 79.9. The van der Waals surface area contributed by atoms with E-state index in [0.29, 0.717) is 21.8 Å². The Labute approximate surface area is 236 Å². The van der Waals surface area contributed by atoms with Gasteiger partial charge in [0, 0.05) is 20.2 Å². The Hall–Kier alpha value is -2.65. The van der Waals surface area contributed by atoms with Gasteiger partial charge >= 0.3 is 0 Å². The third-order valence-corrected chi connectivity index (χ3v) is 10.7. The Morgan fingerprint density at radius 3 is 2.32 bits per heavy atom. The van der Waals surface area contributed by atoms with Gasteiger partial charge < -0.3 is 5.73 Å². The Balaban J connectivity index is 1.35. The topological polar surface area (TPSA) is 68.9 Å². The van der Waals surface area contributed by atoms with E-state index in [0.717, 1.165) is 21.1 Å². The summed E-state index contributed by atoms with van der Waals surface area (Å²) in [7, 11) is 0. The molecule has 2 atom stereocenters. The number of nitrogens with zero attached hydrogens (tertiary/aromatic N) is 2. The summed E-state index contributed by atoms with van der Waals surface area (Å²) in [6, 6.07) is 28.7. The molecule has 0 radical (unpaired) electrons. The minimum Gasteiger partial charge on any atom is -0.383 e. The zero-order chi connectivity index (χ0) is 25.4. The SMILES string of the molecule is Nc1nc(SCC(=O)c2ccc(Br)cc2)nc2sc3c(c12)C[C@@H](c1ccccc1)S[C@@H]3c1ccccc1. The number of aromatic nitrogens is 2. The molecule has 0 saturated heterocycles. The molecule has 2 aromatic heterocycles. The predicted molar refractivity (Wildman–Crippen MR) is 160 cm³/mol. The van der Waals surface area contributed by atoms with Gasteiger partial charge in [-0.3, -0.25) is 4.79 Å². The van der Waals surface area contributed by atoms with Crippen LogP contribution in [0.1, 0.15) is 42.4 Å². The van der Waals surface area contributed by atoms with Gasteiger partial charge in [-0.1, -0.05) is 100 Å². The lowest BCUT2D eigenvalue weighted by atomic mass is 9.98. The average molecular weight is 605 g/mol. The zero-order valence-corrected chi connectivity index (χ0v) is 23.7. The number of carbonyl (C=O) groups excluding carboxylic acids is 1. The molecule has 4 nitrogen and oxygen atoms in total. The molecule has 5 aromatic rings. The number of hydrogen-bond donors (Lipinski definition) is 1. The summed E-state index contributed by atoms with van der Waals surface area (Å²) in [6.45, 7) is 0. The minimum absolute atomic E-state index is 0.0384. The second-order valence-electron chi connectivity index (χ2n) is 8.77. The molecule has 3 heterocycles. The molecule has 0 saturated carbocycles. The van der Waals surface area contributed by atoms with Gasteiger partial charge in [-0.05, 0) is 35.2 Å². The van der Waals surface area contributed by atoms with Crippen LogP contribution in [0.2, 0.25) is 0 Å². The van der Waals surface area contributed by atoms with E-state index >= 15 is 0 Å². The third kappa shape index (κ3) is 5.08. The van der Waals surface area contributed by atoms with Crippen LogP contribution in [-0.2, 0) is 6.42 Å². The van der Waals surface area contributed by atoms with E-state index in [4.69, 9.17) is 10.7 Å². The maximum absolute atomic E-state index is 12.7. The van der Waals surface area contributed by atoms with Crippen molar-refractivity contribution in [3.05, 3.63) is 117 Å². The van der Waals surface area contributed by atoms with Crippen LogP contribution < -0.4 is 5.73 Å². The van der Waals surface area contributed by atoms with Crippen LogP contribution in [0.25, 0.3) is 10.2 Å². The van der Waals surface area contributed by atoms with E-state index in [1.165, 1.54) is 33.3 Å². The van der Waals surface area contributed by atoms with E-state index < -0.39 is 0 Å². The first-order valence-corrected chi connectivity index (χ1v) is 15.4. The molecule has 0 aliphatic carbocycles. The van der Waals surface area contributed by atoms with Crippen molar-refractivity contribution in [2.24, 2.45) is 0 Å². The number of Topliss-reactive ketones (excluding diaryl/α,β-unsaturated/α-hetero) is 1. The number of nitrogen functional groups attached to an aromatic ring is 1. The number of anilines is 1. The normalized spacial score (nSPS) is 17.0. The smallest absolute Gasteiger partial charge is 0.191 e. The van der Waals surface area contributed by atoms with Crippen LogP contribution in [0, 0.1) is 0 Å². The highest BCUT2D eigenvalue weighted by Gasteiger charge is 2.34. The number of nitrogens with two attached hydrogens (primary N) is 1. The highest BCUT2D eigenvalue weighted by molar-refractivity contribution is 9.10. The maximum Gasteiger partial charge on any atom is 0.191 e. The van der Waals surface area contributed by atoms with Crippen LogP contribution in [0.4, 0.5) is 5.82 Å². The number of benzene rings is 3. The van der Waals surface area contributed by atoms with Crippen molar-refractivity contribution in [3.63, 3.8) is 0 Å². The first kappa shape index (κ1) is 24.7. The molecular weight excluding hydrogens is 582 g/mol. The molecule has 1 aliphatic heterocycles. The molecule has 8 heteroatoms. The number of thiophene rings is 1. The number of thioether (sulfide) groups is 2. The lowest BCUT2D eigenvalue weighted by Crippen LogP contribution is -2.12. The molecule has 184 valence electrons. The van der Waals surface area contributed by atoms with Crippen LogP contribution in [0.5, 0.6) is 0 Å². The Kier molecular flexibility index (Phi) is 7.08. The van der Waals surface area contributed by atoms with Crippen molar-refractivity contribution >= 4 is 72.6 Å². The number of carbonyl (C=O) groups is 1. The molecule has 0 unspecified atom stereocenters. The lowest BCUT2D eigenvalue weighted by Gasteiger charge is -2.30. The van der Waals surface area contributed by atoms with Gasteiger partial charge in [-0.2, -0.15) is 0 Å². The summed E-state index contributed by atoms with van der Waals surface area (Å²) >= 11 is 8.44. The van der Waals surface area contributed by atoms with E-state index in [9.17, 15) is 4.79 Å². The first-order valence-electron chi connectivity index (χ1n) is 11.8. The Morgan fingerprint density at radius 2 is 1.62 bits per heavy atom. The fourth-order valence-corrected chi connectivity index (χ4v) is 8.68. The van der Waals surface area contributed by atoms with Crippen LogP contribution in [0.3, 0.4) is 0 Å². The summed E-state index contributed by atoms with van der Waals surface area (Å²) in [4.78, 5) is 24.4. The monoisotopic (exact) mass is 603 g/mol. The van der Waals surface area contributed by atoms with Gasteiger partial charge in [-0.15, -0.1) is 23.1 Å². The van der Waals surface area contributed by atoms with Crippen LogP contribution >= 0.6 is 50.8 Å². The standard InChI is InChI=1S/C29H22BrN3OS3/c30-20-13-11-17(12-14-20)22(34)16-35-29-32-27(31)24-21-15-23(18-7-3-1-4-8-18)36-25(19-9-5-2-6-10-19)26(21)37-28(24)33-29/h1-14,23,25H,15-16H2,(H2,31,32,33)/t23-,25+/m0/s1. The number of fused-ring (bicyclic) bond motifs is 3. The van der Waals surface area contributed by atoms with E-state index in [2.05, 4.69) is 81.6 Å². The molecule has 37 heavy (non-hydrogen) atoms. The van der Waals surface area contributed by atoms with E-state index in [1.54, 1.807) is 11.3 Å². The quantitative estimate of drug-likeness (QED) is 0.120. The summed E-state index contributed by atoms with van der Waals surface area (Å²) in [6.07, 6.45) is 0.884. The molecule has 6 rings (SSSR count). The molecule has 0 bridgehead atoms. The molecule has 0 amide bonds. The van der Waals surface area contributed by atoms with Crippen molar-refractivity contribution in [1.29, 1.82) is 0 Å². The minimum atomic E-state index is 0.0384. The summed E-state index contributed by atoms with van der Waals surface area (Å²) in [5.74, 6) is 0.791. The molecule has 2 N–H and O–H groups in total. The maximum atomic E-state index is 12.7. The van der Waals surface area contributed by atoms with Crippen LogP contribution in [0.15, 0.2) is 94.6 Å². The van der Waals surface area contributed by atoms with Gasteiger partial charge in [0.05, 0.1) is 16.4 Å². The van der Waals surface area contributed by atoms with E-state index in [-0.39, 0.29) is 16.8 Å². The summed E-state index contributed by atoms with van der Waals surface area (Å²) in [5.41, 5.74) is 11.1. The second-order valence-corrected chi connectivity index (χ2v) is 13.0. The van der Waals surface area contributed by atoms with Crippen molar-refractivity contribution in [1.82, 2.24) is 9.97 Å². The molecular formula is C29H22BrN3OS3. The van der Waals surface area contributed by atoms with Gasteiger partial charge in [0.15, 0.2) is 10.9 Å². The number of halogens is 1. The molecule has 3 aromatic carbocycles. The van der Waals surface area contributed by atoms with Crippen LogP contribution in [-0.4, -0.2) is 21.5 Å². The summed E-state index contributed by atoms with van der Waals surface area (Å²) < 4.78 is 0.946. The highest BCUT2D eigenvalue weighted by Crippen LogP contribution is 2.55. The fraction of sp³-hybridized carbons (Fsp3) is 0.138. The van der Waals surface area contributed by atoms with Crippen molar-refractivity contribution in [2.75, 3.05) is 11.5 Å². The molecule has 0 fully saturated rings. The lowest BCUT2D eigenvalue weighted by molar-refractivity contribution is 0.102. The largest absolute Gasteiger partial charge is 0.383 e. The van der Waals surface area contributed by atoms with Gasteiger partial charge in [0.1, 0.15) is 10.6 Å². The average Bonchev–Trinajstić information content (AvgIpc) is 3.31. The van der Waals surface area contributed by atoms with E-state index in [1.807, 2.05) is 36.0 Å². The Morgan fingerprint density at radius 1 is 0.946 bits per heavy atom. The second kappa shape index (κ2) is 10.6. The van der Waals surface area contributed by atoms with Crippen molar-refractivity contribution < 1.29 is 4.79 Å². The van der Waals surface area contributed by atoms with Gasteiger partial charge in [-0.25, -0.2) is 9.97 Å². The van der Waals surface area contributed by atoms with Crippen molar-refractivity contribution in [2.45, 2.75) is 22.1 Å². The predicted octanol–water partition coefficient (Wildman–Crippen LogP) is 8.13. The zero-order valence-electron chi connectivity index (χ0n) is 19.6. The molecule has 1 aliphatic rings. The van der Waals surface area contributed by atoms with Crippen molar-refractivity contribution in [3.8, 4) is 0 Å². The Bertz CT molecular complexity index is 1570. The molecule has 0 spiro atoms. The number of ketones is 1. The first-order chi connectivity index (χ1) is 18.1. The van der Waals surface area contributed by atoms with Gasteiger partial charge in [0.2, 0.25) is 0 Å². The number of hydrogen-bond acceptors (Lipinski definition) is 7. The fourth-order valence-electron chi connectivity index (χ4n) is 4.59.